The number of ether oxygens (including phenoxy) is 2. The zero-order chi connectivity index (χ0) is 22.9. The van der Waals surface area contributed by atoms with Gasteiger partial charge in [-0.1, -0.05) is 29.3 Å². The van der Waals surface area contributed by atoms with Crippen LogP contribution in [0.2, 0.25) is 10.0 Å². The molecule has 2 heterocycles. The molecular formula is C18H14Cl2F2N4O4S2. The summed E-state index contributed by atoms with van der Waals surface area (Å²) in [7, 11) is -4.44. The molecule has 0 spiro atoms. The minimum atomic E-state index is -4.44. The molecule has 32 heavy (non-hydrogen) atoms. The summed E-state index contributed by atoms with van der Waals surface area (Å²) in [6.07, 6.45) is 0.0520. The summed E-state index contributed by atoms with van der Waals surface area (Å²) in [5.74, 6) is -2.84. The van der Waals surface area contributed by atoms with Crippen LogP contribution in [-0.2, 0) is 14.8 Å². The van der Waals surface area contributed by atoms with Gasteiger partial charge in [-0.2, -0.15) is 4.37 Å². The first kappa shape index (κ1) is 23.1. The van der Waals surface area contributed by atoms with Gasteiger partial charge in [0.1, 0.15) is 17.0 Å². The number of hydrogen-bond acceptors (Lipinski definition) is 8. The smallest absolute Gasteiger partial charge is 0.266 e. The molecule has 14 heteroatoms. The largest absolute Gasteiger partial charge is 0.460 e. The van der Waals surface area contributed by atoms with Gasteiger partial charge in [-0.25, -0.2) is 22.2 Å². The third kappa shape index (κ3) is 4.95. The molecule has 0 aliphatic carbocycles. The Morgan fingerprint density at radius 3 is 2.75 bits per heavy atom. The molecular weight excluding hydrogens is 509 g/mol. The number of morpholine rings is 1. The van der Waals surface area contributed by atoms with E-state index < -0.39 is 44.6 Å². The van der Waals surface area contributed by atoms with E-state index >= 15 is 0 Å². The van der Waals surface area contributed by atoms with Crippen LogP contribution in [-0.4, -0.2) is 37.2 Å². The van der Waals surface area contributed by atoms with Crippen molar-refractivity contribution in [3.63, 3.8) is 0 Å². The van der Waals surface area contributed by atoms with Gasteiger partial charge in [0.15, 0.2) is 11.6 Å². The molecule has 1 aliphatic rings. The summed E-state index contributed by atoms with van der Waals surface area (Å²) in [5.41, 5.74) is 0.585. The van der Waals surface area contributed by atoms with E-state index in [9.17, 15) is 17.2 Å². The number of hydrogen-bond donors (Lipinski definition) is 2. The van der Waals surface area contributed by atoms with Crippen molar-refractivity contribution in [2.45, 2.75) is 17.2 Å². The van der Waals surface area contributed by atoms with E-state index in [-0.39, 0.29) is 11.7 Å². The van der Waals surface area contributed by atoms with Gasteiger partial charge in [0.05, 0.1) is 12.6 Å². The van der Waals surface area contributed by atoms with Gasteiger partial charge >= 0.3 is 0 Å². The van der Waals surface area contributed by atoms with Crippen LogP contribution >= 0.6 is 34.7 Å². The van der Waals surface area contributed by atoms with Crippen molar-refractivity contribution < 1.29 is 26.7 Å². The van der Waals surface area contributed by atoms with E-state index in [1.807, 2.05) is 4.72 Å². The molecule has 170 valence electrons. The van der Waals surface area contributed by atoms with E-state index in [4.69, 9.17) is 32.7 Å². The van der Waals surface area contributed by atoms with Gasteiger partial charge in [-0.05, 0) is 17.7 Å². The average molecular weight is 523 g/mol. The van der Waals surface area contributed by atoms with Crippen LogP contribution in [0.4, 0.5) is 13.9 Å². The fraction of sp³-hybridized carbons (Fsp3) is 0.222. The zero-order valence-corrected chi connectivity index (χ0v) is 19.0. The fourth-order valence-electron chi connectivity index (χ4n) is 3.01. The van der Waals surface area contributed by atoms with Gasteiger partial charge < -0.3 is 14.8 Å². The standard InChI is InChI=1S/C18H14Cl2F2N4O4S2/c19-9-1-2-10(11(20)5-9)16-17(29-4-3-23-16)30-14-6-13(22)15(7-12(14)21)32(27,28)26-18-24-8-25-31-18/h1-2,5-8,16-17,23H,3-4H2,(H,24,25,26). The van der Waals surface area contributed by atoms with Gasteiger partial charge in [0.25, 0.3) is 10.0 Å². The molecule has 2 atom stereocenters. The van der Waals surface area contributed by atoms with Gasteiger partial charge in [0.2, 0.25) is 11.4 Å². The molecule has 1 saturated heterocycles. The Kier molecular flexibility index (Phi) is 6.79. The van der Waals surface area contributed by atoms with Gasteiger partial charge in [-0.15, -0.1) is 0 Å². The topological polar surface area (TPSA) is 102 Å². The molecule has 1 aromatic heterocycles. The number of halogens is 4. The lowest BCUT2D eigenvalue weighted by atomic mass is 10.1. The van der Waals surface area contributed by atoms with Crippen molar-refractivity contribution in [3.05, 3.63) is 63.9 Å². The molecule has 2 N–H and O–H groups in total. The maximum absolute atomic E-state index is 14.7. The molecule has 1 fully saturated rings. The summed E-state index contributed by atoms with van der Waals surface area (Å²) in [5, 5.41) is 3.83. The predicted molar refractivity (Wildman–Crippen MR) is 115 cm³/mol. The number of sulfonamides is 1. The summed E-state index contributed by atoms with van der Waals surface area (Å²) < 4.78 is 71.0. The van der Waals surface area contributed by atoms with Crippen LogP contribution in [0.15, 0.2) is 41.6 Å². The Balaban J connectivity index is 1.60. The van der Waals surface area contributed by atoms with E-state index in [1.165, 1.54) is 6.07 Å². The number of nitrogens with one attached hydrogen (secondary N) is 2. The highest BCUT2D eigenvalue weighted by Gasteiger charge is 2.32. The molecule has 2 aromatic carbocycles. The minimum Gasteiger partial charge on any atom is -0.460 e. The summed E-state index contributed by atoms with van der Waals surface area (Å²) in [6.45, 7) is 0.712. The van der Waals surface area contributed by atoms with E-state index in [0.29, 0.717) is 34.3 Å². The normalized spacial score (nSPS) is 19.0. The predicted octanol–water partition coefficient (Wildman–Crippen LogP) is 3.99. The molecule has 3 aromatic rings. The Bertz CT molecular complexity index is 1230. The van der Waals surface area contributed by atoms with Crippen LogP contribution < -0.4 is 14.8 Å². The number of rotatable bonds is 6. The summed E-state index contributed by atoms with van der Waals surface area (Å²) in [4.78, 5) is 2.75. The van der Waals surface area contributed by atoms with Crippen molar-refractivity contribution >= 4 is 49.9 Å². The fourth-order valence-corrected chi connectivity index (χ4v) is 5.27. The molecule has 0 bridgehead atoms. The second kappa shape index (κ2) is 9.41. The van der Waals surface area contributed by atoms with Gasteiger partial charge in [-0.3, -0.25) is 4.72 Å². The van der Waals surface area contributed by atoms with Crippen molar-refractivity contribution in [3.8, 4) is 5.75 Å². The van der Waals surface area contributed by atoms with Crippen molar-refractivity contribution in [1.82, 2.24) is 14.7 Å². The Hall–Kier alpha value is -2.09. The highest BCUT2D eigenvalue weighted by atomic mass is 35.5. The number of anilines is 1. The summed E-state index contributed by atoms with van der Waals surface area (Å²) >= 11 is 12.9. The first-order chi connectivity index (χ1) is 15.2. The van der Waals surface area contributed by atoms with Gasteiger partial charge in [0, 0.05) is 40.3 Å². The highest BCUT2D eigenvalue weighted by molar-refractivity contribution is 7.93. The quantitative estimate of drug-likeness (QED) is 0.504. The molecule has 0 saturated carbocycles. The number of aromatic nitrogens is 2. The second-order valence-corrected chi connectivity index (χ2v) is 9.79. The number of nitrogens with zero attached hydrogens (tertiary/aromatic N) is 2. The molecule has 0 amide bonds. The molecule has 1 aliphatic heterocycles. The third-order valence-electron chi connectivity index (χ3n) is 4.42. The Morgan fingerprint density at radius 1 is 1.22 bits per heavy atom. The summed E-state index contributed by atoms with van der Waals surface area (Å²) in [6, 6.07) is 5.38. The SMILES string of the molecule is O=S(=O)(Nc1ncns1)c1cc(F)c(OC2OCCNC2c2ccc(Cl)cc2Cl)cc1F. The maximum atomic E-state index is 14.7. The highest BCUT2D eigenvalue weighted by Crippen LogP contribution is 2.33. The maximum Gasteiger partial charge on any atom is 0.266 e. The van der Waals surface area contributed by atoms with E-state index in [2.05, 4.69) is 14.7 Å². The van der Waals surface area contributed by atoms with Crippen LogP contribution in [0, 0.1) is 11.6 Å². The van der Waals surface area contributed by atoms with Crippen LogP contribution in [0.1, 0.15) is 11.6 Å². The lowest BCUT2D eigenvalue weighted by molar-refractivity contribution is -0.125. The Morgan fingerprint density at radius 2 is 2.03 bits per heavy atom. The molecule has 0 radical (unpaired) electrons. The third-order valence-corrected chi connectivity index (χ3v) is 7.05. The second-order valence-electron chi connectivity index (χ2n) is 6.52. The molecule has 2 unspecified atom stereocenters. The van der Waals surface area contributed by atoms with Crippen molar-refractivity contribution in [2.24, 2.45) is 0 Å². The van der Waals surface area contributed by atoms with E-state index in [1.54, 1.807) is 12.1 Å². The first-order valence-electron chi connectivity index (χ1n) is 9.00. The average Bonchev–Trinajstić information content (AvgIpc) is 3.23. The van der Waals surface area contributed by atoms with Crippen LogP contribution in [0.5, 0.6) is 5.75 Å². The van der Waals surface area contributed by atoms with Crippen molar-refractivity contribution in [1.29, 1.82) is 0 Å². The lowest BCUT2D eigenvalue weighted by Gasteiger charge is -2.33. The Labute approximate surface area is 195 Å². The number of benzene rings is 2. The monoisotopic (exact) mass is 522 g/mol. The zero-order valence-electron chi connectivity index (χ0n) is 15.9. The minimum absolute atomic E-state index is 0.0884. The van der Waals surface area contributed by atoms with Crippen molar-refractivity contribution in [2.75, 3.05) is 17.9 Å². The van der Waals surface area contributed by atoms with Crippen LogP contribution in [0.25, 0.3) is 0 Å². The molecule has 8 nitrogen and oxygen atoms in total. The van der Waals surface area contributed by atoms with E-state index in [0.717, 1.165) is 17.9 Å². The van der Waals surface area contributed by atoms with Crippen LogP contribution in [0.3, 0.4) is 0 Å². The lowest BCUT2D eigenvalue weighted by Crippen LogP contribution is -2.45. The molecule has 4 rings (SSSR count). The first-order valence-corrected chi connectivity index (χ1v) is 12.0.